The first-order valence-electron chi connectivity index (χ1n) is 11.1. The minimum absolute atomic E-state index is 0.0738. The topological polar surface area (TPSA) is 138 Å². The van der Waals surface area contributed by atoms with Gasteiger partial charge in [-0.2, -0.15) is 8.42 Å². The van der Waals surface area contributed by atoms with Crippen LogP contribution in [0.5, 0.6) is 11.5 Å². The second-order valence-electron chi connectivity index (χ2n) is 8.09. The van der Waals surface area contributed by atoms with Gasteiger partial charge in [0.25, 0.3) is 16.0 Å². The zero-order chi connectivity index (χ0) is 27.6. The smallest absolute Gasteiger partial charge is 0.296 e. The van der Waals surface area contributed by atoms with E-state index in [1.807, 2.05) is 6.92 Å². The van der Waals surface area contributed by atoms with Gasteiger partial charge in [0.15, 0.2) is 5.75 Å². The summed E-state index contributed by atoms with van der Waals surface area (Å²) in [6.07, 6.45) is 0.465. The number of nitrogens with one attached hydrogen (secondary N) is 1. The summed E-state index contributed by atoms with van der Waals surface area (Å²) in [7, 11) is -3.22. The average Bonchev–Trinajstić information content (AvgIpc) is 2.87. The van der Waals surface area contributed by atoms with Gasteiger partial charge in [0.1, 0.15) is 22.0 Å². The number of phenolic OH excluding ortho intramolecular Hbond substituents is 1. The van der Waals surface area contributed by atoms with Gasteiger partial charge in [0.05, 0.1) is 17.7 Å². The van der Waals surface area contributed by atoms with Crippen molar-refractivity contribution in [2.24, 2.45) is 10.2 Å². The van der Waals surface area contributed by atoms with E-state index in [9.17, 15) is 22.9 Å². The lowest BCUT2D eigenvalue weighted by Gasteiger charge is -2.12. The Hall–Kier alpha value is -3.70. The Morgan fingerprint density at radius 1 is 1.03 bits per heavy atom. The Kier molecular flexibility index (Phi) is 7.89. The van der Waals surface area contributed by atoms with E-state index in [-0.39, 0.29) is 27.0 Å². The molecule has 196 valence electrons. The molecule has 0 heterocycles. The molecular weight excluding hydrogens is 553 g/mol. The highest BCUT2D eigenvalue weighted by molar-refractivity contribution is 7.86. The van der Waals surface area contributed by atoms with Crippen molar-refractivity contribution in [1.29, 1.82) is 0 Å². The molecule has 38 heavy (non-hydrogen) atoms. The van der Waals surface area contributed by atoms with Gasteiger partial charge in [0.2, 0.25) is 0 Å². The van der Waals surface area contributed by atoms with Gasteiger partial charge in [-0.1, -0.05) is 54.4 Å². The molecule has 9 nitrogen and oxygen atoms in total. The number of ether oxygens (including phenoxy) is 1. The number of hydrogen-bond acceptors (Lipinski definition) is 7. The van der Waals surface area contributed by atoms with Crippen LogP contribution in [0.25, 0.3) is 10.8 Å². The van der Waals surface area contributed by atoms with Crippen LogP contribution in [0.2, 0.25) is 10.0 Å². The summed E-state index contributed by atoms with van der Waals surface area (Å²) >= 11 is 12.3. The molecule has 0 saturated carbocycles. The number of aryl methyl sites for hydroxylation is 1. The number of halogens is 2. The molecule has 0 spiro atoms. The zero-order valence-electron chi connectivity index (χ0n) is 20.1. The van der Waals surface area contributed by atoms with E-state index in [1.165, 1.54) is 25.3 Å². The molecule has 0 radical (unpaired) electrons. The number of carbonyl (C=O) groups excluding carboxylic acids is 1. The molecule has 0 aliphatic rings. The summed E-state index contributed by atoms with van der Waals surface area (Å²) in [6.45, 7) is 1.81. The van der Waals surface area contributed by atoms with E-state index >= 15 is 0 Å². The molecule has 0 bridgehead atoms. The number of carbonyl (C=O) groups is 1. The number of phenols is 1. The van der Waals surface area contributed by atoms with E-state index in [0.717, 1.165) is 6.07 Å². The summed E-state index contributed by atoms with van der Waals surface area (Å²) in [6, 6.07) is 15.5. The van der Waals surface area contributed by atoms with E-state index in [4.69, 9.17) is 27.9 Å². The Labute approximate surface area is 228 Å². The van der Waals surface area contributed by atoms with Gasteiger partial charge >= 0.3 is 0 Å². The van der Waals surface area contributed by atoms with Gasteiger partial charge < -0.3 is 15.2 Å². The number of nitrogens with zero attached hydrogens (tertiary/aromatic N) is 2. The van der Waals surface area contributed by atoms with Crippen molar-refractivity contribution in [1.82, 2.24) is 0 Å². The third-order valence-electron chi connectivity index (χ3n) is 5.69. The maximum absolute atomic E-state index is 13.1. The Bertz CT molecular complexity index is 1710. The quantitative estimate of drug-likeness (QED) is 0.156. The fourth-order valence-electron chi connectivity index (χ4n) is 3.78. The lowest BCUT2D eigenvalue weighted by atomic mass is 10.0. The normalized spacial score (nSPS) is 11.7. The average molecular weight is 574 g/mol. The van der Waals surface area contributed by atoms with Crippen molar-refractivity contribution in [2.75, 3.05) is 12.4 Å². The van der Waals surface area contributed by atoms with Crippen LogP contribution in [0.15, 0.2) is 75.8 Å². The zero-order valence-corrected chi connectivity index (χ0v) is 22.4. The highest BCUT2D eigenvalue weighted by atomic mass is 35.5. The van der Waals surface area contributed by atoms with Crippen molar-refractivity contribution in [3.8, 4) is 11.5 Å². The van der Waals surface area contributed by atoms with Gasteiger partial charge in [-0.3, -0.25) is 9.35 Å². The van der Waals surface area contributed by atoms with Gasteiger partial charge in [-0.05, 0) is 53.8 Å². The summed E-state index contributed by atoms with van der Waals surface area (Å²) in [5.74, 6) is -0.703. The molecule has 0 saturated heterocycles. The van der Waals surface area contributed by atoms with E-state index in [1.54, 1.807) is 36.4 Å². The second-order valence-corrected chi connectivity index (χ2v) is 10.3. The number of fused-ring (bicyclic) bond motifs is 1. The van der Waals surface area contributed by atoms with Gasteiger partial charge in [-0.25, -0.2) is 0 Å². The van der Waals surface area contributed by atoms with Crippen molar-refractivity contribution in [2.45, 2.75) is 18.2 Å². The molecule has 0 unspecified atom stereocenters. The Balaban J connectivity index is 1.82. The highest BCUT2D eigenvalue weighted by Crippen LogP contribution is 2.41. The fraction of sp³-hybridized carbons (Fsp3) is 0.115. The van der Waals surface area contributed by atoms with Crippen LogP contribution in [0, 0.1) is 0 Å². The highest BCUT2D eigenvalue weighted by Gasteiger charge is 2.21. The molecule has 0 aliphatic carbocycles. The number of rotatable bonds is 7. The standard InChI is InChI=1S/C26H21Cl2N3O6S/c1-3-14-11-21(23(13-19(14)27)38(34,35)36)30-31-24-17-7-5-4-6-15(17)10-18(25(24)32)26(33)29-16-8-9-22(37-2)20(28)12-16/h4-13,32H,3H2,1-2H3,(H,29,33)(H,34,35,36). The molecule has 3 N–H and O–H groups in total. The van der Waals surface area contributed by atoms with Crippen LogP contribution in [-0.4, -0.2) is 31.1 Å². The molecule has 4 aromatic carbocycles. The number of hydrogen-bond donors (Lipinski definition) is 3. The van der Waals surface area contributed by atoms with Crippen molar-refractivity contribution >= 4 is 67.1 Å². The lowest BCUT2D eigenvalue weighted by molar-refractivity contribution is 0.102. The maximum atomic E-state index is 13.1. The molecule has 4 aromatic rings. The first-order chi connectivity index (χ1) is 18.0. The van der Waals surface area contributed by atoms with Gasteiger partial charge in [-0.15, -0.1) is 10.2 Å². The van der Waals surface area contributed by atoms with Crippen molar-refractivity contribution in [3.63, 3.8) is 0 Å². The number of azo groups is 1. The number of anilines is 1. The molecular formula is C26H21Cl2N3O6S. The van der Waals surface area contributed by atoms with E-state index < -0.39 is 26.7 Å². The number of amides is 1. The third kappa shape index (κ3) is 5.58. The lowest BCUT2D eigenvalue weighted by Crippen LogP contribution is -2.12. The first-order valence-corrected chi connectivity index (χ1v) is 13.3. The third-order valence-corrected chi connectivity index (χ3v) is 7.22. The number of aromatic hydroxyl groups is 1. The minimum Gasteiger partial charge on any atom is -0.505 e. The summed E-state index contributed by atoms with van der Waals surface area (Å²) in [5, 5.41) is 23.3. The largest absolute Gasteiger partial charge is 0.505 e. The maximum Gasteiger partial charge on any atom is 0.296 e. The number of benzene rings is 4. The van der Waals surface area contributed by atoms with Crippen LogP contribution in [0.1, 0.15) is 22.8 Å². The van der Waals surface area contributed by atoms with Crippen LogP contribution < -0.4 is 10.1 Å². The predicted molar refractivity (Wildman–Crippen MR) is 146 cm³/mol. The first kappa shape index (κ1) is 27.3. The summed E-state index contributed by atoms with van der Waals surface area (Å²) < 4.78 is 38.7. The SMILES string of the molecule is CCc1cc(N=Nc2c(O)c(C(=O)Nc3ccc(OC)c(Cl)c3)cc3ccccc23)c(S(=O)(=O)O)cc1Cl. The molecule has 12 heteroatoms. The molecule has 1 amide bonds. The second kappa shape index (κ2) is 11.0. The van der Waals surface area contributed by atoms with Crippen LogP contribution in [0.4, 0.5) is 17.1 Å². The van der Waals surface area contributed by atoms with Crippen LogP contribution in [-0.2, 0) is 16.5 Å². The molecule has 0 aliphatic heterocycles. The monoisotopic (exact) mass is 573 g/mol. The van der Waals surface area contributed by atoms with Crippen molar-refractivity contribution < 1.29 is 27.6 Å². The molecule has 4 rings (SSSR count). The van der Waals surface area contributed by atoms with E-state index in [2.05, 4.69) is 15.5 Å². The molecule has 0 fully saturated rings. The van der Waals surface area contributed by atoms with Gasteiger partial charge in [0, 0.05) is 16.1 Å². The Morgan fingerprint density at radius 3 is 2.42 bits per heavy atom. The van der Waals surface area contributed by atoms with Crippen LogP contribution >= 0.6 is 23.2 Å². The van der Waals surface area contributed by atoms with E-state index in [0.29, 0.717) is 34.2 Å². The number of methoxy groups -OCH3 is 1. The summed E-state index contributed by atoms with van der Waals surface area (Å²) in [5.41, 5.74) is 0.580. The predicted octanol–water partition coefficient (Wildman–Crippen LogP) is 7.34. The molecule has 0 aromatic heterocycles. The van der Waals surface area contributed by atoms with Crippen LogP contribution in [0.3, 0.4) is 0 Å². The Morgan fingerprint density at radius 2 is 1.76 bits per heavy atom. The van der Waals surface area contributed by atoms with Crippen molar-refractivity contribution in [3.05, 3.63) is 81.8 Å². The fourth-order valence-corrected chi connectivity index (χ4v) is 5.03. The summed E-state index contributed by atoms with van der Waals surface area (Å²) in [4.78, 5) is 12.6. The molecule has 0 atom stereocenters. The minimum atomic E-state index is -4.69.